The molecule has 0 spiro atoms. The van der Waals surface area contributed by atoms with Crippen LogP contribution in [0.15, 0.2) is 60.8 Å². The lowest BCUT2D eigenvalue weighted by atomic mass is 9.98. The van der Waals surface area contributed by atoms with Crippen LogP contribution in [0.5, 0.6) is 0 Å². The topological polar surface area (TPSA) is 53.5 Å². The van der Waals surface area contributed by atoms with Crippen LogP contribution in [0.4, 0.5) is 0 Å². The maximum atomic E-state index is 12.9. The molecule has 2 aliphatic heterocycles. The molecular formula is C22H23N3O2. The zero-order chi connectivity index (χ0) is 18.6. The third-order valence-corrected chi connectivity index (χ3v) is 5.31. The number of rotatable bonds is 4. The highest BCUT2D eigenvalue weighted by molar-refractivity contribution is 5.89. The number of aromatic nitrogens is 1. The number of benzene rings is 1. The minimum atomic E-state index is -0.243. The Bertz CT molecular complexity index is 848. The van der Waals surface area contributed by atoms with E-state index in [0.717, 1.165) is 12.1 Å². The molecular weight excluding hydrogens is 338 g/mol. The number of likely N-dealkylation sites (tertiary alicyclic amines) is 1. The van der Waals surface area contributed by atoms with Crippen molar-refractivity contribution >= 4 is 17.4 Å². The van der Waals surface area contributed by atoms with Crippen molar-refractivity contribution in [2.75, 3.05) is 19.6 Å². The van der Waals surface area contributed by atoms with E-state index in [4.69, 9.17) is 0 Å². The summed E-state index contributed by atoms with van der Waals surface area (Å²) in [5.74, 6) is -0.111. The summed E-state index contributed by atoms with van der Waals surface area (Å²) in [6, 6.07) is 16.0. The zero-order valence-corrected chi connectivity index (χ0v) is 15.3. The minimum Gasteiger partial charge on any atom is -0.338 e. The van der Waals surface area contributed by atoms with E-state index in [2.05, 4.69) is 23.2 Å². The van der Waals surface area contributed by atoms with Gasteiger partial charge in [-0.15, -0.1) is 0 Å². The first-order valence-electron chi connectivity index (χ1n) is 9.41. The van der Waals surface area contributed by atoms with Crippen molar-refractivity contribution in [3.8, 4) is 0 Å². The predicted molar refractivity (Wildman–Crippen MR) is 103 cm³/mol. The average Bonchev–Trinajstić information content (AvgIpc) is 3.09. The molecule has 5 nitrogen and oxygen atoms in total. The SMILES string of the molecule is O=C1CC(C(=O)N2CC=C(c3ccccc3)CC2)CN1Cc1ccccn1. The lowest BCUT2D eigenvalue weighted by molar-refractivity contribution is -0.135. The van der Waals surface area contributed by atoms with Crippen molar-refractivity contribution in [1.82, 2.24) is 14.8 Å². The van der Waals surface area contributed by atoms with Crippen molar-refractivity contribution < 1.29 is 9.59 Å². The van der Waals surface area contributed by atoms with Crippen molar-refractivity contribution in [2.45, 2.75) is 19.4 Å². The van der Waals surface area contributed by atoms with Crippen LogP contribution in [0.1, 0.15) is 24.1 Å². The van der Waals surface area contributed by atoms with Crippen LogP contribution in [-0.2, 0) is 16.1 Å². The van der Waals surface area contributed by atoms with Crippen LogP contribution in [-0.4, -0.2) is 46.2 Å². The molecule has 5 heteroatoms. The number of hydrogen-bond acceptors (Lipinski definition) is 3. The van der Waals surface area contributed by atoms with E-state index in [1.54, 1.807) is 11.1 Å². The van der Waals surface area contributed by atoms with E-state index in [9.17, 15) is 9.59 Å². The molecule has 1 unspecified atom stereocenters. The fourth-order valence-electron chi connectivity index (χ4n) is 3.82. The molecule has 0 N–H and O–H groups in total. The molecule has 0 aliphatic carbocycles. The van der Waals surface area contributed by atoms with Crippen LogP contribution in [0, 0.1) is 5.92 Å². The molecule has 2 aromatic rings. The first-order chi connectivity index (χ1) is 13.2. The second-order valence-corrected chi connectivity index (χ2v) is 7.13. The molecule has 2 aliphatic rings. The second kappa shape index (κ2) is 7.74. The maximum Gasteiger partial charge on any atom is 0.228 e. The van der Waals surface area contributed by atoms with Crippen LogP contribution in [0.2, 0.25) is 0 Å². The number of carbonyl (C=O) groups excluding carboxylic acids is 2. The number of amides is 2. The summed E-state index contributed by atoms with van der Waals surface area (Å²) in [4.78, 5) is 33.1. The van der Waals surface area contributed by atoms with Crippen molar-refractivity contribution in [2.24, 2.45) is 5.92 Å². The van der Waals surface area contributed by atoms with Crippen LogP contribution >= 0.6 is 0 Å². The van der Waals surface area contributed by atoms with E-state index in [1.165, 1.54) is 11.1 Å². The summed E-state index contributed by atoms with van der Waals surface area (Å²) in [6.45, 7) is 2.29. The Kier molecular flexibility index (Phi) is 5.01. The van der Waals surface area contributed by atoms with Gasteiger partial charge in [-0.05, 0) is 29.7 Å². The molecule has 1 aromatic carbocycles. The Balaban J connectivity index is 1.36. The Morgan fingerprint density at radius 3 is 2.63 bits per heavy atom. The molecule has 27 heavy (non-hydrogen) atoms. The molecule has 1 atom stereocenters. The summed E-state index contributed by atoms with van der Waals surface area (Å²) in [5.41, 5.74) is 3.37. The van der Waals surface area contributed by atoms with Crippen molar-refractivity contribution in [3.05, 3.63) is 72.1 Å². The summed E-state index contributed by atoms with van der Waals surface area (Å²) < 4.78 is 0. The lowest BCUT2D eigenvalue weighted by Crippen LogP contribution is -2.39. The fraction of sp³-hybridized carbons (Fsp3) is 0.318. The van der Waals surface area contributed by atoms with Gasteiger partial charge in [0.05, 0.1) is 18.2 Å². The molecule has 0 bridgehead atoms. The molecule has 3 heterocycles. The number of hydrogen-bond donors (Lipinski definition) is 0. The van der Waals surface area contributed by atoms with Crippen molar-refractivity contribution in [3.63, 3.8) is 0 Å². The van der Waals surface area contributed by atoms with Gasteiger partial charge in [0, 0.05) is 32.3 Å². The Labute approximate surface area is 159 Å². The molecule has 1 saturated heterocycles. The molecule has 2 amide bonds. The van der Waals surface area contributed by atoms with Gasteiger partial charge in [0.15, 0.2) is 0 Å². The molecule has 4 rings (SSSR count). The smallest absolute Gasteiger partial charge is 0.228 e. The van der Waals surface area contributed by atoms with Gasteiger partial charge < -0.3 is 9.80 Å². The second-order valence-electron chi connectivity index (χ2n) is 7.13. The summed E-state index contributed by atoms with van der Waals surface area (Å²) in [6.07, 6.45) is 5.02. The monoisotopic (exact) mass is 361 g/mol. The zero-order valence-electron chi connectivity index (χ0n) is 15.3. The summed E-state index contributed by atoms with van der Waals surface area (Å²) in [5, 5.41) is 0. The van der Waals surface area contributed by atoms with E-state index < -0.39 is 0 Å². The molecule has 1 fully saturated rings. The Morgan fingerprint density at radius 1 is 1.11 bits per heavy atom. The molecule has 1 aromatic heterocycles. The normalized spacial score (nSPS) is 19.9. The predicted octanol–water partition coefficient (Wildman–Crippen LogP) is 2.75. The van der Waals surface area contributed by atoms with Gasteiger partial charge >= 0.3 is 0 Å². The van der Waals surface area contributed by atoms with Gasteiger partial charge in [-0.1, -0.05) is 42.5 Å². The molecule has 0 saturated carbocycles. The van der Waals surface area contributed by atoms with E-state index in [0.29, 0.717) is 32.6 Å². The van der Waals surface area contributed by atoms with Gasteiger partial charge in [0.25, 0.3) is 0 Å². The first-order valence-corrected chi connectivity index (χ1v) is 9.41. The van der Waals surface area contributed by atoms with E-state index in [1.807, 2.05) is 41.3 Å². The number of pyridine rings is 1. The largest absolute Gasteiger partial charge is 0.338 e. The molecule has 138 valence electrons. The van der Waals surface area contributed by atoms with E-state index >= 15 is 0 Å². The van der Waals surface area contributed by atoms with Crippen molar-refractivity contribution in [1.29, 1.82) is 0 Å². The van der Waals surface area contributed by atoms with Crippen LogP contribution in [0.25, 0.3) is 5.57 Å². The van der Waals surface area contributed by atoms with Gasteiger partial charge in [0.2, 0.25) is 11.8 Å². The van der Waals surface area contributed by atoms with Crippen LogP contribution in [0.3, 0.4) is 0 Å². The quantitative estimate of drug-likeness (QED) is 0.841. The van der Waals surface area contributed by atoms with Crippen LogP contribution < -0.4 is 0 Å². The highest BCUT2D eigenvalue weighted by Crippen LogP contribution is 2.26. The number of carbonyl (C=O) groups is 2. The average molecular weight is 361 g/mol. The highest BCUT2D eigenvalue weighted by Gasteiger charge is 2.36. The summed E-state index contributed by atoms with van der Waals surface area (Å²) >= 11 is 0. The molecule has 0 radical (unpaired) electrons. The standard InChI is InChI=1S/C22H23N3O2/c26-21-14-19(15-25(21)16-20-8-4-5-11-23-20)22(27)24-12-9-18(10-13-24)17-6-2-1-3-7-17/h1-9,11,19H,10,12-16H2. The third-order valence-electron chi connectivity index (χ3n) is 5.31. The highest BCUT2D eigenvalue weighted by atomic mass is 16.2. The lowest BCUT2D eigenvalue weighted by Gasteiger charge is -2.29. The van der Waals surface area contributed by atoms with Gasteiger partial charge in [0.1, 0.15) is 0 Å². The fourth-order valence-corrected chi connectivity index (χ4v) is 3.82. The minimum absolute atomic E-state index is 0.0385. The third kappa shape index (κ3) is 3.92. The number of nitrogens with zero attached hydrogens (tertiary/aromatic N) is 3. The first kappa shape index (κ1) is 17.5. The van der Waals surface area contributed by atoms with E-state index in [-0.39, 0.29) is 17.7 Å². The summed E-state index contributed by atoms with van der Waals surface area (Å²) in [7, 11) is 0. The maximum absolute atomic E-state index is 12.9. The van der Waals surface area contributed by atoms with Gasteiger partial charge in [-0.25, -0.2) is 0 Å². The Morgan fingerprint density at radius 2 is 1.93 bits per heavy atom. The van der Waals surface area contributed by atoms with Gasteiger partial charge in [-0.2, -0.15) is 0 Å². The van der Waals surface area contributed by atoms with Gasteiger partial charge in [-0.3, -0.25) is 14.6 Å². The Hall–Kier alpha value is -2.95.